The summed E-state index contributed by atoms with van der Waals surface area (Å²) in [4.78, 5) is 14.5. The average molecular weight is 272 g/mol. The van der Waals surface area contributed by atoms with Gasteiger partial charge in [-0.2, -0.15) is 0 Å². The highest BCUT2D eigenvalue weighted by atomic mass is 32.1. The van der Waals surface area contributed by atoms with Gasteiger partial charge in [0.1, 0.15) is 0 Å². The number of rotatable bonds is 4. The van der Waals surface area contributed by atoms with Crippen LogP contribution in [-0.4, -0.2) is 28.9 Å². The molecule has 0 spiro atoms. The molecule has 0 atom stereocenters. The van der Waals surface area contributed by atoms with E-state index in [-0.39, 0.29) is 5.91 Å². The van der Waals surface area contributed by atoms with Crippen molar-refractivity contribution in [1.82, 2.24) is 4.90 Å². The summed E-state index contributed by atoms with van der Waals surface area (Å²) in [6, 6.07) is 13.6. The number of hydrogen-bond donors (Lipinski definition) is 1. The SMILES string of the molecule is CCN(CC(N)=S)C(=O)c1cccc2ccccc12. The van der Waals surface area contributed by atoms with E-state index in [4.69, 9.17) is 18.0 Å². The van der Waals surface area contributed by atoms with Crippen molar-refractivity contribution < 1.29 is 4.79 Å². The van der Waals surface area contributed by atoms with E-state index in [1.165, 1.54) is 0 Å². The monoisotopic (exact) mass is 272 g/mol. The summed E-state index contributed by atoms with van der Waals surface area (Å²) in [5.41, 5.74) is 6.23. The molecule has 2 aromatic rings. The van der Waals surface area contributed by atoms with Gasteiger partial charge in [-0.05, 0) is 23.8 Å². The molecule has 2 aromatic carbocycles. The second kappa shape index (κ2) is 5.80. The summed E-state index contributed by atoms with van der Waals surface area (Å²) in [6.45, 7) is 2.81. The van der Waals surface area contributed by atoms with Gasteiger partial charge in [-0.3, -0.25) is 4.79 Å². The number of fused-ring (bicyclic) bond motifs is 1. The fourth-order valence-corrected chi connectivity index (χ4v) is 2.25. The van der Waals surface area contributed by atoms with Gasteiger partial charge in [-0.1, -0.05) is 48.6 Å². The van der Waals surface area contributed by atoms with Gasteiger partial charge in [-0.15, -0.1) is 0 Å². The zero-order valence-corrected chi connectivity index (χ0v) is 11.6. The highest BCUT2D eigenvalue weighted by Gasteiger charge is 2.16. The van der Waals surface area contributed by atoms with Gasteiger partial charge in [0.2, 0.25) is 0 Å². The molecule has 0 saturated carbocycles. The highest BCUT2D eigenvalue weighted by molar-refractivity contribution is 7.80. The maximum atomic E-state index is 12.5. The Bertz CT molecular complexity index is 619. The standard InChI is InChI=1S/C15H16N2OS/c1-2-17(10-14(16)19)15(18)13-9-5-7-11-6-3-4-8-12(11)13/h3-9H,2,10H2,1H3,(H2,16,19). The van der Waals surface area contributed by atoms with Crippen LogP contribution in [0.5, 0.6) is 0 Å². The predicted molar refractivity (Wildman–Crippen MR) is 82.3 cm³/mol. The smallest absolute Gasteiger partial charge is 0.254 e. The molecule has 0 saturated heterocycles. The molecular formula is C15H16N2OS. The first kappa shape index (κ1) is 13.5. The van der Waals surface area contributed by atoms with Gasteiger partial charge >= 0.3 is 0 Å². The number of carbonyl (C=O) groups is 1. The molecule has 0 bridgehead atoms. The van der Waals surface area contributed by atoms with Crippen LogP contribution in [0.1, 0.15) is 17.3 Å². The number of benzene rings is 2. The summed E-state index contributed by atoms with van der Waals surface area (Å²) in [5.74, 6) is -0.0351. The van der Waals surface area contributed by atoms with Crippen LogP contribution >= 0.6 is 12.2 Å². The fourth-order valence-electron chi connectivity index (χ4n) is 2.10. The van der Waals surface area contributed by atoms with Crippen molar-refractivity contribution in [2.24, 2.45) is 5.73 Å². The van der Waals surface area contributed by atoms with Crippen LogP contribution in [0.3, 0.4) is 0 Å². The number of hydrogen-bond acceptors (Lipinski definition) is 2. The zero-order chi connectivity index (χ0) is 13.8. The highest BCUT2D eigenvalue weighted by Crippen LogP contribution is 2.19. The maximum absolute atomic E-state index is 12.5. The maximum Gasteiger partial charge on any atom is 0.254 e. The second-order valence-corrected chi connectivity index (χ2v) is 4.84. The largest absolute Gasteiger partial charge is 0.392 e. The second-order valence-electron chi connectivity index (χ2n) is 4.31. The van der Waals surface area contributed by atoms with Gasteiger partial charge in [0.25, 0.3) is 5.91 Å². The normalized spacial score (nSPS) is 10.4. The molecular weight excluding hydrogens is 256 g/mol. The van der Waals surface area contributed by atoms with E-state index in [1.807, 2.05) is 49.4 Å². The lowest BCUT2D eigenvalue weighted by atomic mass is 10.0. The van der Waals surface area contributed by atoms with Gasteiger partial charge < -0.3 is 10.6 Å². The third kappa shape index (κ3) is 2.90. The Hall–Kier alpha value is -1.94. The van der Waals surface area contributed by atoms with Crippen LogP contribution in [0.2, 0.25) is 0 Å². The van der Waals surface area contributed by atoms with Crippen LogP contribution in [0.25, 0.3) is 10.8 Å². The molecule has 2 N–H and O–H groups in total. The van der Waals surface area contributed by atoms with E-state index in [1.54, 1.807) is 4.90 Å². The van der Waals surface area contributed by atoms with E-state index in [9.17, 15) is 4.79 Å². The number of likely N-dealkylation sites (N-methyl/N-ethyl adjacent to an activating group) is 1. The van der Waals surface area contributed by atoms with Crippen molar-refractivity contribution >= 4 is 33.9 Å². The molecule has 19 heavy (non-hydrogen) atoms. The first-order chi connectivity index (χ1) is 9.13. The number of nitrogens with zero attached hydrogens (tertiary/aromatic N) is 1. The molecule has 0 aliphatic heterocycles. The molecule has 4 heteroatoms. The minimum atomic E-state index is -0.0351. The van der Waals surface area contributed by atoms with Crippen LogP contribution in [0.15, 0.2) is 42.5 Å². The summed E-state index contributed by atoms with van der Waals surface area (Å²) in [7, 11) is 0. The van der Waals surface area contributed by atoms with Crippen LogP contribution in [0.4, 0.5) is 0 Å². The molecule has 98 valence electrons. The number of thiocarbonyl (C=S) groups is 1. The fraction of sp³-hybridized carbons (Fsp3) is 0.200. The molecule has 2 rings (SSSR count). The quantitative estimate of drug-likeness (QED) is 0.870. The Morgan fingerprint density at radius 2 is 1.89 bits per heavy atom. The van der Waals surface area contributed by atoms with Crippen molar-refractivity contribution in [3.05, 3.63) is 48.0 Å². The first-order valence-corrected chi connectivity index (χ1v) is 6.59. The number of amides is 1. The van der Waals surface area contributed by atoms with E-state index >= 15 is 0 Å². The lowest BCUT2D eigenvalue weighted by Crippen LogP contribution is -2.37. The van der Waals surface area contributed by atoms with Crippen molar-refractivity contribution in [3.8, 4) is 0 Å². The summed E-state index contributed by atoms with van der Waals surface area (Å²) < 4.78 is 0. The van der Waals surface area contributed by atoms with Crippen molar-refractivity contribution in [2.75, 3.05) is 13.1 Å². The third-order valence-electron chi connectivity index (χ3n) is 3.04. The van der Waals surface area contributed by atoms with E-state index in [0.717, 1.165) is 10.8 Å². The molecule has 0 unspecified atom stereocenters. The van der Waals surface area contributed by atoms with E-state index in [0.29, 0.717) is 23.6 Å². The molecule has 0 aliphatic carbocycles. The van der Waals surface area contributed by atoms with Crippen molar-refractivity contribution in [2.45, 2.75) is 6.92 Å². The topological polar surface area (TPSA) is 46.3 Å². The Morgan fingerprint density at radius 3 is 2.58 bits per heavy atom. The van der Waals surface area contributed by atoms with Crippen LogP contribution in [-0.2, 0) is 0 Å². The Kier molecular flexibility index (Phi) is 4.12. The summed E-state index contributed by atoms with van der Waals surface area (Å²) >= 11 is 4.89. The summed E-state index contributed by atoms with van der Waals surface area (Å²) in [6.07, 6.45) is 0. The average Bonchev–Trinajstić information content (AvgIpc) is 2.43. The Morgan fingerprint density at radius 1 is 1.21 bits per heavy atom. The molecule has 0 fully saturated rings. The molecule has 0 radical (unpaired) electrons. The number of nitrogens with two attached hydrogens (primary N) is 1. The first-order valence-electron chi connectivity index (χ1n) is 6.19. The lowest BCUT2D eigenvalue weighted by molar-refractivity contribution is 0.0790. The Balaban J connectivity index is 2.43. The molecule has 0 aliphatic rings. The van der Waals surface area contributed by atoms with Gasteiger partial charge in [0, 0.05) is 12.1 Å². The predicted octanol–water partition coefficient (Wildman–Crippen LogP) is 2.59. The minimum absolute atomic E-state index is 0.0351. The number of carbonyl (C=O) groups excluding carboxylic acids is 1. The third-order valence-corrected chi connectivity index (χ3v) is 3.16. The van der Waals surface area contributed by atoms with E-state index < -0.39 is 0 Å². The Labute approximate surface area is 118 Å². The van der Waals surface area contributed by atoms with E-state index in [2.05, 4.69) is 0 Å². The molecule has 1 amide bonds. The minimum Gasteiger partial charge on any atom is -0.392 e. The molecule has 0 heterocycles. The van der Waals surface area contributed by atoms with Gasteiger partial charge in [-0.25, -0.2) is 0 Å². The summed E-state index contributed by atoms with van der Waals surface area (Å²) in [5, 5.41) is 2.01. The lowest BCUT2D eigenvalue weighted by Gasteiger charge is -2.21. The van der Waals surface area contributed by atoms with Crippen molar-refractivity contribution in [3.63, 3.8) is 0 Å². The van der Waals surface area contributed by atoms with Gasteiger partial charge in [0.15, 0.2) is 0 Å². The molecule has 3 nitrogen and oxygen atoms in total. The van der Waals surface area contributed by atoms with Crippen LogP contribution in [0, 0.1) is 0 Å². The zero-order valence-electron chi connectivity index (χ0n) is 10.8. The van der Waals surface area contributed by atoms with Crippen LogP contribution < -0.4 is 5.73 Å². The van der Waals surface area contributed by atoms with Gasteiger partial charge in [0.05, 0.1) is 11.5 Å². The van der Waals surface area contributed by atoms with Crippen molar-refractivity contribution in [1.29, 1.82) is 0 Å². The molecule has 0 aromatic heterocycles.